The van der Waals surface area contributed by atoms with Gasteiger partial charge in [0.05, 0.1) is 35.8 Å². The topological polar surface area (TPSA) is 326 Å². The van der Waals surface area contributed by atoms with Gasteiger partial charge >= 0.3 is 40.3 Å². The van der Waals surface area contributed by atoms with E-state index in [1.165, 1.54) is 16.7 Å². The summed E-state index contributed by atoms with van der Waals surface area (Å²) in [5, 5.41) is 59.1. The smallest absolute Gasteiger partial charge is 0.548 e. The van der Waals surface area contributed by atoms with E-state index in [1.54, 1.807) is 60.6 Å². The molecule has 8 N–H and O–H groups in total. The van der Waals surface area contributed by atoms with Crippen LogP contribution in [0.25, 0.3) is 0 Å². The number of nitrogens with one attached hydrogen (secondary N) is 1. The SMILES string of the molecule is C=C=C=C=C=C=C=C=C=C=C=C=C=C=C=C=C=C=C=C=C=C=C=S.CC(=O)O.CC1(C)S[C@@H]2[C@H](CC(=O)C(C(=O)O)c3ccccc3)C(=O)N2[C@H]1C(=O)[O-].CN1[CH-]N(CCCO)C(Cl)=C1Cl.NC(CCC(=O)NC(CS)C(=O)CCC(=O)O)C(=O)O.[Ag+]. The molecule has 2 fully saturated rings. The van der Waals surface area contributed by atoms with Crippen LogP contribution in [0.4, 0.5) is 0 Å². The number of nitrogens with zero attached hydrogens (tertiary/aromatic N) is 3. The predicted octanol–water partition coefficient (Wildman–Crippen LogP) is 4.73. The van der Waals surface area contributed by atoms with Crippen molar-refractivity contribution in [2.45, 2.75) is 93.5 Å². The molecule has 26 heteroatoms. The van der Waals surface area contributed by atoms with Crippen molar-refractivity contribution in [3.63, 3.8) is 0 Å². The van der Waals surface area contributed by atoms with Gasteiger partial charge in [-0.2, -0.15) is 19.3 Å². The van der Waals surface area contributed by atoms with Crippen LogP contribution in [0.5, 0.6) is 0 Å². The van der Waals surface area contributed by atoms with Crippen molar-refractivity contribution in [3.05, 3.63) is 180 Å². The molecule has 0 aromatic heterocycles. The molecule has 0 spiro atoms. The van der Waals surface area contributed by atoms with Gasteiger partial charge in [-0.05, 0) is 110 Å². The number of nitrogens with two attached hydrogens (primary N) is 1. The Kier molecular flexibility index (Phi) is 42.3. The fourth-order valence-corrected chi connectivity index (χ4v) is 9.06. The first-order valence-electron chi connectivity index (χ1n) is 24.5. The van der Waals surface area contributed by atoms with Crippen LogP contribution in [0, 0.1) is 12.6 Å². The van der Waals surface area contributed by atoms with Crippen LogP contribution in [0.15, 0.2) is 168 Å². The Balaban J connectivity index is 0. The standard InChI is InChI=1S/C23H2S.C18H19NO6S.C11H18N2O6S.C7H11Cl2N2O.C2H4O2.Ag/c1-2-3-4-5-6-7-8-9-10-11-12-13-14-15-16-17-18-19-20-21-22-23-24;1-18(2)13(17(24)25)19-14(21)10(15(19)26-18)8-11(20)12(16(22)23)9-6-4-3-5-7-9;12-6(11(18)19)1-3-9(15)13-7(5-20)8(14)2-4-10(16)17;1-10-5-11(3-2-4-12)7(9)6(10)8;1-2(3)4;/h1H2;3-7,10,12-13,15H,8H2,1-2H3,(H,22,23)(H,24,25);6-7,20H,1-5,12H2,(H,13,15)(H,16,17)(H,18,19);5,12H,2-4H2,1H3;1H3,(H,3,4);/q;;;-1;;+1/p-1/t;10-,12?,13+,15-;;;;/m.1..../s1. The molecule has 0 saturated carbocycles. The first-order valence-corrected chi connectivity index (χ1v) is 27.2. The molecular weight excluding hydrogens is 1320 g/mol. The zero-order valence-electron chi connectivity index (χ0n) is 46.6. The van der Waals surface area contributed by atoms with E-state index < -0.39 is 93.3 Å². The maximum Gasteiger partial charge on any atom is 1.00 e. The maximum absolute atomic E-state index is 12.6. The summed E-state index contributed by atoms with van der Waals surface area (Å²) in [4.78, 5) is 106. The van der Waals surface area contributed by atoms with Gasteiger partial charge in [0.2, 0.25) is 11.8 Å². The van der Waals surface area contributed by atoms with Crippen LogP contribution in [0.3, 0.4) is 0 Å². The number of amides is 2. The van der Waals surface area contributed by atoms with E-state index in [0.717, 1.165) is 6.92 Å². The number of ketones is 2. The number of benzene rings is 1. The number of thiocarbonyl (C=S) groups is 1. The molecular formula is C61H53AgCl2N5O15S3-. The normalized spacial score (nSPS) is 15.1. The van der Waals surface area contributed by atoms with Crippen molar-refractivity contribution < 1.29 is 96.2 Å². The second kappa shape index (κ2) is 45.7. The van der Waals surface area contributed by atoms with Gasteiger partial charge in [0.1, 0.15) is 22.3 Å². The number of aliphatic hydroxyl groups is 1. The van der Waals surface area contributed by atoms with Crippen LogP contribution < -0.4 is 16.2 Å². The Bertz CT molecular complexity index is 3550. The van der Waals surface area contributed by atoms with E-state index in [2.05, 4.69) is 162 Å². The number of carboxylic acids is 5. The summed E-state index contributed by atoms with van der Waals surface area (Å²) in [6.07, 6.45) is -0.245. The van der Waals surface area contributed by atoms with Gasteiger partial charge in [0.15, 0.2) is 11.6 Å². The second-order valence-electron chi connectivity index (χ2n) is 17.1. The zero-order valence-corrected chi connectivity index (χ0v) is 52.1. The number of hydrogen-bond acceptors (Lipinski definition) is 17. The zero-order chi connectivity index (χ0) is 65.2. The number of thiol groups is 1. The van der Waals surface area contributed by atoms with Crippen LogP contribution in [-0.2, 0) is 65.5 Å². The molecule has 0 radical (unpaired) electrons. The number of fused-ring (bicyclic) bond motifs is 1. The predicted molar refractivity (Wildman–Crippen MR) is 318 cm³/mol. The summed E-state index contributed by atoms with van der Waals surface area (Å²) in [6.45, 7) is 10.5. The molecule has 20 nitrogen and oxygen atoms in total. The van der Waals surface area contributed by atoms with E-state index in [4.69, 9.17) is 54.2 Å². The Morgan fingerprint density at radius 2 is 1.26 bits per heavy atom. The molecule has 3 heterocycles. The third-order valence-corrected chi connectivity index (χ3v) is 13.4. The van der Waals surface area contributed by atoms with Crippen LogP contribution in [0.1, 0.15) is 70.8 Å². The molecule has 1 aromatic carbocycles. The summed E-state index contributed by atoms with van der Waals surface area (Å²) in [5.74, 6) is -9.69. The Morgan fingerprint density at radius 3 is 1.64 bits per heavy atom. The number of hydrogen-bond donors (Lipinski definition) is 8. The summed E-state index contributed by atoms with van der Waals surface area (Å²) < 4.78 is -0.734. The van der Waals surface area contributed by atoms with Crippen molar-refractivity contribution in [1.29, 1.82) is 0 Å². The van der Waals surface area contributed by atoms with Gasteiger partial charge in [0, 0.05) is 117 Å². The molecule has 3 unspecified atom stereocenters. The van der Waals surface area contributed by atoms with E-state index in [-0.39, 0.29) is 66.8 Å². The minimum absolute atomic E-state index is 0. The number of β-lactam (4-membered cyclic amide) rings is 1. The van der Waals surface area contributed by atoms with Gasteiger partial charge in [-0.25, -0.2) is 0 Å². The molecule has 3 aliphatic heterocycles. The Labute approximate surface area is 541 Å². The average molecular weight is 1370 g/mol. The van der Waals surface area contributed by atoms with Crippen molar-refractivity contribution >= 4 is 118 Å². The molecule has 0 aliphatic carbocycles. The fourth-order valence-electron chi connectivity index (χ4n) is 6.62. The van der Waals surface area contributed by atoms with E-state index in [1.807, 2.05) is 7.05 Å². The molecule has 2 amide bonds. The summed E-state index contributed by atoms with van der Waals surface area (Å²) in [5.41, 5.74) is 57.4. The van der Waals surface area contributed by atoms with Gasteiger partial charge in [-0.15, -0.1) is 11.8 Å². The monoisotopic (exact) mass is 1370 g/mol. The molecule has 3 aliphatic rings. The third kappa shape index (κ3) is 33.0. The number of halogens is 2. The maximum atomic E-state index is 12.6. The van der Waals surface area contributed by atoms with Crippen LogP contribution in [0.2, 0.25) is 0 Å². The molecule has 6 atom stereocenters. The summed E-state index contributed by atoms with van der Waals surface area (Å²) in [7, 11) is 1.82. The molecule has 4 rings (SSSR count). The first-order chi connectivity index (χ1) is 40.7. The molecule has 2 saturated heterocycles. The number of thioether (sulfide) groups is 1. The first kappa shape index (κ1) is 80.4. The number of aliphatic hydroxyl groups excluding tert-OH is 1. The van der Waals surface area contributed by atoms with Gasteiger partial charge in [0.25, 0.3) is 5.97 Å². The Hall–Kier alpha value is -8.62. The number of carbonyl (C=O) groups is 9. The van der Waals surface area contributed by atoms with Crippen molar-refractivity contribution in [2.24, 2.45) is 11.7 Å². The third-order valence-electron chi connectivity index (χ3n) is 10.3. The van der Waals surface area contributed by atoms with Crippen LogP contribution in [-0.4, -0.2) is 153 Å². The second-order valence-corrected chi connectivity index (χ2v) is 20.1. The molecule has 1 aromatic rings. The average Bonchev–Trinajstić information content (AvgIpc) is 1.59. The van der Waals surface area contributed by atoms with Crippen LogP contribution >= 0.6 is 59.8 Å². The quantitative estimate of drug-likeness (QED) is 0.0136. The molecule has 87 heavy (non-hydrogen) atoms. The molecule has 456 valence electrons. The van der Waals surface area contributed by atoms with Crippen molar-refractivity contribution in [1.82, 2.24) is 20.0 Å². The van der Waals surface area contributed by atoms with E-state index in [9.17, 15) is 48.6 Å². The number of aliphatic carboxylic acids is 5. The summed E-state index contributed by atoms with van der Waals surface area (Å²) in [6, 6.07) is 5.06. The Morgan fingerprint density at radius 1 is 0.793 bits per heavy atom. The number of carboxylic acid groups (broad SMARTS) is 5. The van der Waals surface area contributed by atoms with Crippen molar-refractivity contribution in [3.8, 4) is 0 Å². The number of rotatable bonds is 19. The molecule has 0 bridgehead atoms. The van der Waals surface area contributed by atoms with Crippen molar-refractivity contribution in [2.75, 3.05) is 26.0 Å². The minimum atomic E-state index is -1.34. The number of carbonyl (C=O) groups excluding carboxylic acids is 5. The summed E-state index contributed by atoms with van der Waals surface area (Å²) >= 11 is 21.3. The van der Waals surface area contributed by atoms with Gasteiger partial charge in [-0.3, -0.25) is 38.4 Å². The number of Topliss-reactive ketones (excluding diaryl/α,β-unsaturated/α-hetero) is 2. The van der Waals surface area contributed by atoms with E-state index in [0.29, 0.717) is 28.8 Å². The minimum Gasteiger partial charge on any atom is -0.548 e. The van der Waals surface area contributed by atoms with E-state index >= 15 is 0 Å². The largest absolute Gasteiger partial charge is 1.00 e. The van der Waals surface area contributed by atoms with Gasteiger partial charge < -0.3 is 61.2 Å². The fraction of sp³-hybridized carbons (Fsp3) is 0.328. The van der Waals surface area contributed by atoms with Gasteiger partial charge in [-0.1, -0.05) is 59.3 Å².